The monoisotopic (exact) mass is 477 g/mol. The molecule has 0 saturated carbocycles. The maximum Gasteiger partial charge on any atom is 0.296 e. The molecular weight excluding hydrogens is 450 g/mol. The first-order valence-corrected chi connectivity index (χ1v) is 11.3. The summed E-state index contributed by atoms with van der Waals surface area (Å²) in [6.07, 6.45) is 1.50. The van der Waals surface area contributed by atoms with E-state index in [1.807, 2.05) is 13.8 Å². The molecule has 0 radical (unpaired) electrons. The summed E-state index contributed by atoms with van der Waals surface area (Å²) in [6.45, 7) is 4.64. The lowest BCUT2D eigenvalue weighted by molar-refractivity contribution is -0.140. The van der Waals surface area contributed by atoms with Gasteiger partial charge in [-0.15, -0.1) is 0 Å². The Hall–Kier alpha value is -4.20. The zero-order valence-corrected chi connectivity index (χ0v) is 19.8. The molecule has 2 aromatic carbocycles. The molecule has 0 aliphatic carbocycles. The molecule has 0 bridgehead atoms. The van der Waals surface area contributed by atoms with Gasteiger partial charge < -0.3 is 28.6 Å². The molecular formula is C27H27NO7. The van der Waals surface area contributed by atoms with E-state index in [0.717, 1.165) is 0 Å². The molecule has 1 unspecified atom stereocenters. The quantitative estimate of drug-likeness (QED) is 0.271. The summed E-state index contributed by atoms with van der Waals surface area (Å²) < 4.78 is 22.1. The molecule has 182 valence electrons. The molecule has 3 aromatic rings. The minimum absolute atomic E-state index is 0.0154. The van der Waals surface area contributed by atoms with Gasteiger partial charge in [0.15, 0.2) is 11.5 Å². The van der Waals surface area contributed by atoms with Gasteiger partial charge in [0.2, 0.25) is 0 Å². The largest absolute Gasteiger partial charge is 0.507 e. The van der Waals surface area contributed by atoms with Gasteiger partial charge in [-0.2, -0.15) is 0 Å². The number of hydrogen-bond donors (Lipinski definition) is 1. The van der Waals surface area contributed by atoms with Crippen molar-refractivity contribution in [1.82, 2.24) is 4.90 Å². The van der Waals surface area contributed by atoms with Gasteiger partial charge in [-0.05, 0) is 67.9 Å². The summed E-state index contributed by atoms with van der Waals surface area (Å²) in [7, 11) is 1.54. The SMILES string of the molecule is CCOc1ccc(C2C(=C(O)c3ccc(OC)cc3)C(=O)C(=O)N2Cc2ccco2)cc1OCC. The third-order valence-corrected chi connectivity index (χ3v) is 5.69. The number of carbonyl (C=O) groups excluding carboxylic acids is 2. The lowest BCUT2D eigenvalue weighted by Crippen LogP contribution is -2.29. The normalized spacial score (nSPS) is 17.0. The van der Waals surface area contributed by atoms with Crippen molar-refractivity contribution >= 4 is 17.4 Å². The van der Waals surface area contributed by atoms with E-state index in [-0.39, 0.29) is 17.9 Å². The van der Waals surface area contributed by atoms with E-state index >= 15 is 0 Å². The molecule has 8 nitrogen and oxygen atoms in total. The van der Waals surface area contributed by atoms with Crippen LogP contribution in [0, 0.1) is 0 Å². The summed E-state index contributed by atoms with van der Waals surface area (Å²) in [5.41, 5.74) is 0.971. The first-order chi connectivity index (χ1) is 17.0. The van der Waals surface area contributed by atoms with Crippen LogP contribution in [-0.4, -0.2) is 42.0 Å². The zero-order chi connectivity index (χ0) is 24.9. The fraction of sp³-hybridized carbons (Fsp3) is 0.259. The molecule has 0 spiro atoms. The Kier molecular flexibility index (Phi) is 7.10. The number of Topliss-reactive ketones (excluding diaryl/α,β-unsaturated/α-hetero) is 1. The summed E-state index contributed by atoms with van der Waals surface area (Å²) in [4.78, 5) is 27.8. The molecule has 8 heteroatoms. The summed E-state index contributed by atoms with van der Waals surface area (Å²) in [5.74, 6) is 0.373. The second kappa shape index (κ2) is 10.4. The standard InChI is InChI=1S/C27H27NO7/c1-4-33-21-13-10-18(15-22(21)34-5-2)24-23(25(29)17-8-11-19(32-3)12-9-17)26(30)27(31)28(24)16-20-7-6-14-35-20/h6-15,24,29H,4-5,16H2,1-3H3. The van der Waals surface area contributed by atoms with Gasteiger partial charge in [0.05, 0.1) is 44.7 Å². The molecule has 35 heavy (non-hydrogen) atoms. The van der Waals surface area contributed by atoms with Crippen LogP contribution in [0.15, 0.2) is 70.9 Å². The van der Waals surface area contributed by atoms with E-state index in [0.29, 0.717) is 47.3 Å². The van der Waals surface area contributed by atoms with Crippen LogP contribution in [0.4, 0.5) is 0 Å². The number of hydrogen-bond acceptors (Lipinski definition) is 7. The van der Waals surface area contributed by atoms with Crippen molar-refractivity contribution < 1.29 is 33.3 Å². The van der Waals surface area contributed by atoms with E-state index in [9.17, 15) is 14.7 Å². The third-order valence-electron chi connectivity index (χ3n) is 5.69. The number of ether oxygens (including phenoxy) is 3. The van der Waals surface area contributed by atoms with Crippen LogP contribution in [0.5, 0.6) is 17.2 Å². The number of methoxy groups -OCH3 is 1. The number of aliphatic hydroxyl groups excluding tert-OH is 1. The van der Waals surface area contributed by atoms with Crippen LogP contribution < -0.4 is 14.2 Å². The van der Waals surface area contributed by atoms with E-state index in [1.54, 1.807) is 54.6 Å². The van der Waals surface area contributed by atoms with Gasteiger partial charge in [-0.1, -0.05) is 6.07 Å². The number of furan rings is 1. The lowest BCUT2D eigenvalue weighted by atomic mass is 9.95. The van der Waals surface area contributed by atoms with Crippen molar-refractivity contribution in [3.63, 3.8) is 0 Å². The fourth-order valence-electron chi connectivity index (χ4n) is 4.10. The van der Waals surface area contributed by atoms with E-state index in [4.69, 9.17) is 18.6 Å². The number of rotatable bonds is 9. The third kappa shape index (κ3) is 4.73. The fourth-order valence-corrected chi connectivity index (χ4v) is 4.10. The van der Waals surface area contributed by atoms with Crippen LogP contribution in [0.1, 0.15) is 36.8 Å². The van der Waals surface area contributed by atoms with Gasteiger partial charge in [-0.3, -0.25) is 9.59 Å². The Morgan fingerprint density at radius 3 is 2.34 bits per heavy atom. The van der Waals surface area contributed by atoms with E-state index in [1.165, 1.54) is 18.3 Å². The van der Waals surface area contributed by atoms with Crippen LogP contribution in [0.25, 0.3) is 5.76 Å². The molecule has 1 amide bonds. The second-order valence-electron chi connectivity index (χ2n) is 7.81. The highest BCUT2D eigenvalue weighted by Crippen LogP contribution is 2.43. The summed E-state index contributed by atoms with van der Waals surface area (Å²) in [6, 6.07) is 14.4. The number of likely N-dealkylation sites (tertiary alicyclic amines) is 1. The Morgan fingerprint density at radius 2 is 1.71 bits per heavy atom. The highest BCUT2D eigenvalue weighted by molar-refractivity contribution is 6.46. The molecule has 1 fully saturated rings. The van der Waals surface area contributed by atoms with Crippen LogP contribution >= 0.6 is 0 Å². The highest BCUT2D eigenvalue weighted by atomic mass is 16.5. The Labute approximate surface area is 203 Å². The van der Waals surface area contributed by atoms with Crippen molar-refractivity contribution in [1.29, 1.82) is 0 Å². The van der Waals surface area contributed by atoms with Crippen LogP contribution in [0.2, 0.25) is 0 Å². The molecule has 2 heterocycles. The first kappa shape index (κ1) is 23.9. The maximum absolute atomic E-state index is 13.2. The number of ketones is 1. The Morgan fingerprint density at radius 1 is 1.00 bits per heavy atom. The van der Waals surface area contributed by atoms with E-state index < -0.39 is 17.7 Å². The number of carbonyl (C=O) groups is 2. The van der Waals surface area contributed by atoms with Crippen molar-refractivity contribution in [3.8, 4) is 17.2 Å². The number of benzene rings is 2. The Bertz CT molecular complexity index is 1230. The first-order valence-electron chi connectivity index (χ1n) is 11.3. The zero-order valence-electron chi connectivity index (χ0n) is 19.8. The minimum Gasteiger partial charge on any atom is -0.507 e. The average molecular weight is 478 g/mol. The number of aliphatic hydroxyl groups is 1. The predicted molar refractivity (Wildman–Crippen MR) is 128 cm³/mol. The van der Waals surface area contributed by atoms with Crippen molar-refractivity contribution in [2.75, 3.05) is 20.3 Å². The van der Waals surface area contributed by atoms with Gasteiger partial charge in [0.1, 0.15) is 17.3 Å². The molecule has 1 aliphatic heterocycles. The van der Waals surface area contributed by atoms with Gasteiger partial charge in [0.25, 0.3) is 11.7 Å². The lowest BCUT2D eigenvalue weighted by Gasteiger charge is -2.25. The van der Waals surface area contributed by atoms with Gasteiger partial charge >= 0.3 is 0 Å². The predicted octanol–water partition coefficient (Wildman–Crippen LogP) is 4.71. The molecule has 1 atom stereocenters. The smallest absolute Gasteiger partial charge is 0.296 e. The topological polar surface area (TPSA) is 98.4 Å². The van der Waals surface area contributed by atoms with Crippen molar-refractivity contribution in [3.05, 3.63) is 83.3 Å². The summed E-state index contributed by atoms with van der Waals surface area (Å²) >= 11 is 0. The molecule has 4 rings (SSSR count). The van der Waals surface area contributed by atoms with Gasteiger partial charge in [-0.25, -0.2) is 0 Å². The highest BCUT2D eigenvalue weighted by Gasteiger charge is 2.46. The Balaban J connectivity index is 1.86. The maximum atomic E-state index is 13.2. The second-order valence-corrected chi connectivity index (χ2v) is 7.81. The number of nitrogens with zero attached hydrogens (tertiary/aromatic N) is 1. The molecule has 1 aromatic heterocycles. The van der Waals surface area contributed by atoms with Crippen molar-refractivity contribution in [2.45, 2.75) is 26.4 Å². The summed E-state index contributed by atoms with van der Waals surface area (Å²) in [5, 5.41) is 11.2. The van der Waals surface area contributed by atoms with Crippen LogP contribution in [0.3, 0.4) is 0 Å². The number of amides is 1. The molecule has 1 saturated heterocycles. The van der Waals surface area contributed by atoms with Crippen LogP contribution in [-0.2, 0) is 16.1 Å². The van der Waals surface area contributed by atoms with Gasteiger partial charge in [0, 0.05) is 5.56 Å². The molecule has 1 N–H and O–H groups in total. The minimum atomic E-state index is -0.864. The van der Waals surface area contributed by atoms with E-state index in [2.05, 4.69) is 0 Å². The average Bonchev–Trinajstić information content (AvgIpc) is 3.47. The molecule has 1 aliphatic rings. The van der Waals surface area contributed by atoms with Crippen molar-refractivity contribution in [2.24, 2.45) is 0 Å².